The van der Waals surface area contributed by atoms with Gasteiger partial charge >= 0.3 is 0 Å². The molecule has 1 atom stereocenters. The van der Waals surface area contributed by atoms with Gasteiger partial charge in [-0.1, -0.05) is 39.4 Å². The standard InChI is InChI=1S/C19H27NO3/c1-12(2)19(13(3)4)22-14(5)10-17-11-18(20-23-17)15-6-8-16(21)9-7-15/h6-9,12-13,17,19,21H,5,10-11H2,1-4H3. The van der Waals surface area contributed by atoms with Crippen molar-refractivity contribution < 1.29 is 14.7 Å². The maximum absolute atomic E-state index is 9.34. The summed E-state index contributed by atoms with van der Waals surface area (Å²) >= 11 is 0. The summed E-state index contributed by atoms with van der Waals surface area (Å²) in [5, 5.41) is 13.5. The lowest BCUT2D eigenvalue weighted by molar-refractivity contribution is 0.0155. The Morgan fingerprint density at radius 1 is 1.26 bits per heavy atom. The minimum Gasteiger partial charge on any atom is -0.508 e. The largest absolute Gasteiger partial charge is 0.508 e. The summed E-state index contributed by atoms with van der Waals surface area (Å²) in [5.41, 5.74) is 1.87. The maximum atomic E-state index is 9.34. The highest BCUT2D eigenvalue weighted by atomic mass is 16.6. The van der Waals surface area contributed by atoms with E-state index in [1.807, 2.05) is 12.1 Å². The van der Waals surface area contributed by atoms with Crippen LogP contribution in [0.15, 0.2) is 41.8 Å². The second-order valence-corrected chi connectivity index (χ2v) is 6.83. The van der Waals surface area contributed by atoms with Crippen LogP contribution in [0.25, 0.3) is 0 Å². The molecule has 4 nitrogen and oxygen atoms in total. The number of phenolic OH excluding ortho intramolecular Hbond substituents is 1. The van der Waals surface area contributed by atoms with Crippen molar-refractivity contribution in [3.63, 3.8) is 0 Å². The summed E-state index contributed by atoms with van der Waals surface area (Å²) in [7, 11) is 0. The van der Waals surface area contributed by atoms with E-state index >= 15 is 0 Å². The summed E-state index contributed by atoms with van der Waals surface area (Å²) in [6.07, 6.45) is 1.50. The predicted molar refractivity (Wildman–Crippen MR) is 92.4 cm³/mol. The quantitative estimate of drug-likeness (QED) is 0.754. The average molecular weight is 317 g/mol. The van der Waals surface area contributed by atoms with E-state index in [2.05, 4.69) is 39.4 Å². The van der Waals surface area contributed by atoms with Crippen LogP contribution in [0.4, 0.5) is 0 Å². The number of oxime groups is 1. The first-order valence-corrected chi connectivity index (χ1v) is 8.23. The first kappa shape index (κ1) is 17.4. The van der Waals surface area contributed by atoms with Gasteiger partial charge in [0, 0.05) is 12.8 Å². The molecule has 1 aliphatic rings. The molecule has 0 bridgehead atoms. The fraction of sp³-hybridized carbons (Fsp3) is 0.526. The molecule has 4 heteroatoms. The molecule has 0 radical (unpaired) electrons. The van der Waals surface area contributed by atoms with Crippen LogP contribution in [0.5, 0.6) is 5.75 Å². The Labute approximate surface area is 138 Å². The Morgan fingerprint density at radius 3 is 2.43 bits per heavy atom. The Hall–Kier alpha value is -1.97. The number of benzene rings is 1. The van der Waals surface area contributed by atoms with Crippen LogP contribution in [-0.2, 0) is 9.57 Å². The molecular weight excluding hydrogens is 290 g/mol. The van der Waals surface area contributed by atoms with E-state index in [9.17, 15) is 5.11 Å². The molecule has 1 heterocycles. The minimum atomic E-state index is -0.0359. The molecule has 1 aromatic carbocycles. The molecule has 2 rings (SSSR count). The van der Waals surface area contributed by atoms with Crippen molar-refractivity contribution in [2.45, 2.75) is 52.7 Å². The van der Waals surface area contributed by atoms with Crippen molar-refractivity contribution in [3.05, 3.63) is 42.2 Å². The highest BCUT2D eigenvalue weighted by Crippen LogP contribution is 2.25. The van der Waals surface area contributed by atoms with Gasteiger partial charge in [-0.15, -0.1) is 0 Å². The lowest BCUT2D eigenvalue weighted by Gasteiger charge is -2.27. The van der Waals surface area contributed by atoms with Gasteiger partial charge < -0.3 is 14.7 Å². The highest BCUT2D eigenvalue weighted by molar-refractivity contribution is 6.01. The summed E-state index contributed by atoms with van der Waals surface area (Å²) in [6, 6.07) is 7.00. The number of hydrogen-bond acceptors (Lipinski definition) is 4. The summed E-state index contributed by atoms with van der Waals surface area (Å²) in [4.78, 5) is 5.51. The SMILES string of the molecule is C=C(CC1CC(c2ccc(O)cc2)=NO1)OC(C(C)C)C(C)C. The third-order valence-corrected chi connectivity index (χ3v) is 4.01. The Morgan fingerprint density at radius 2 is 1.87 bits per heavy atom. The number of nitrogens with zero attached hydrogens (tertiary/aromatic N) is 1. The van der Waals surface area contributed by atoms with Gasteiger partial charge in [-0.2, -0.15) is 0 Å². The van der Waals surface area contributed by atoms with E-state index in [-0.39, 0.29) is 18.0 Å². The van der Waals surface area contributed by atoms with Crippen LogP contribution in [0, 0.1) is 11.8 Å². The summed E-state index contributed by atoms with van der Waals surface area (Å²) < 4.78 is 6.03. The molecular formula is C19H27NO3. The Balaban J connectivity index is 1.86. The normalized spacial score (nSPS) is 17.5. The lowest BCUT2D eigenvalue weighted by Crippen LogP contribution is -2.26. The molecule has 0 saturated carbocycles. The number of rotatable bonds is 7. The van der Waals surface area contributed by atoms with Crippen molar-refractivity contribution in [2.75, 3.05) is 0 Å². The monoisotopic (exact) mass is 317 g/mol. The van der Waals surface area contributed by atoms with E-state index in [0.29, 0.717) is 18.3 Å². The van der Waals surface area contributed by atoms with Crippen LogP contribution < -0.4 is 0 Å². The molecule has 0 aromatic heterocycles. The van der Waals surface area contributed by atoms with Crippen LogP contribution >= 0.6 is 0 Å². The van der Waals surface area contributed by atoms with Gasteiger partial charge in [0.25, 0.3) is 0 Å². The third kappa shape index (κ3) is 4.75. The molecule has 126 valence electrons. The Kier molecular flexibility index (Phi) is 5.69. The van der Waals surface area contributed by atoms with Crippen LogP contribution in [0.3, 0.4) is 0 Å². The van der Waals surface area contributed by atoms with Crippen molar-refractivity contribution in [3.8, 4) is 5.75 Å². The lowest BCUT2D eigenvalue weighted by atomic mass is 9.96. The van der Waals surface area contributed by atoms with Gasteiger partial charge in [0.15, 0.2) is 0 Å². The molecule has 1 N–H and O–H groups in total. The fourth-order valence-electron chi connectivity index (χ4n) is 2.90. The Bertz CT molecular complexity index is 552. The number of ether oxygens (including phenoxy) is 1. The fourth-order valence-corrected chi connectivity index (χ4v) is 2.90. The molecule has 1 aliphatic heterocycles. The predicted octanol–water partition coefficient (Wildman–Crippen LogP) is 4.49. The highest BCUT2D eigenvalue weighted by Gasteiger charge is 2.26. The van der Waals surface area contributed by atoms with Gasteiger partial charge in [0.2, 0.25) is 0 Å². The molecule has 0 spiro atoms. The molecule has 1 unspecified atom stereocenters. The molecule has 23 heavy (non-hydrogen) atoms. The number of phenols is 1. The van der Waals surface area contributed by atoms with Crippen LogP contribution in [-0.4, -0.2) is 23.0 Å². The van der Waals surface area contributed by atoms with Crippen molar-refractivity contribution >= 4 is 5.71 Å². The van der Waals surface area contributed by atoms with E-state index in [0.717, 1.165) is 23.5 Å². The van der Waals surface area contributed by atoms with E-state index < -0.39 is 0 Å². The van der Waals surface area contributed by atoms with Crippen LogP contribution in [0.1, 0.15) is 46.1 Å². The van der Waals surface area contributed by atoms with E-state index in [4.69, 9.17) is 9.57 Å². The van der Waals surface area contributed by atoms with Gasteiger partial charge in [0.05, 0.1) is 11.5 Å². The van der Waals surface area contributed by atoms with Crippen LogP contribution in [0.2, 0.25) is 0 Å². The molecule has 0 fully saturated rings. The number of aromatic hydroxyl groups is 1. The molecule has 0 aliphatic carbocycles. The minimum absolute atomic E-state index is 0.0359. The maximum Gasteiger partial charge on any atom is 0.140 e. The molecule has 1 aromatic rings. The zero-order valence-corrected chi connectivity index (χ0v) is 14.5. The summed E-state index contributed by atoms with van der Waals surface area (Å²) in [6.45, 7) is 12.7. The number of hydrogen-bond donors (Lipinski definition) is 1. The topological polar surface area (TPSA) is 51.1 Å². The summed E-state index contributed by atoms with van der Waals surface area (Å²) in [5.74, 6) is 1.89. The second kappa shape index (κ2) is 7.53. The first-order valence-electron chi connectivity index (χ1n) is 8.23. The zero-order valence-electron chi connectivity index (χ0n) is 14.5. The second-order valence-electron chi connectivity index (χ2n) is 6.83. The smallest absolute Gasteiger partial charge is 0.140 e. The van der Waals surface area contributed by atoms with Crippen molar-refractivity contribution in [1.82, 2.24) is 0 Å². The van der Waals surface area contributed by atoms with E-state index in [1.165, 1.54) is 0 Å². The average Bonchev–Trinajstić information content (AvgIpc) is 2.93. The van der Waals surface area contributed by atoms with Gasteiger partial charge in [-0.05, 0) is 41.7 Å². The first-order chi connectivity index (χ1) is 10.9. The van der Waals surface area contributed by atoms with Crippen molar-refractivity contribution in [1.29, 1.82) is 0 Å². The van der Waals surface area contributed by atoms with Gasteiger partial charge in [-0.3, -0.25) is 0 Å². The molecule has 0 amide bonds. The molecule has 0 saturated heterocycles. The third-order valence-electron chi connectivity index (χ3n) is 4.01. The van der Waals surface area contributed by atoms with Crippen molar-refractivity contribution in [2.24, 2.45) is 17.0 Å². The van der Waals surface area contributed by atoms with Gasteiger partial charge in [0.1, 0.15) is 18.0 Å². The van der Waals surface area contributed by atoms with E-state index in [1.54, 1.807) is 12.1 Å². The zero-order chi connectivity index (χ0) is 17.0. The van der Waals surface area contributed by atoms with Gasteiger partial charge in [-0.25, -0.2) is 0 Å².